The SMILES string of the molecule is O=C(Nc1ccccc1)N[C@@H](N1CCOCC1)C(Cl)(Cl)Cl. The van der Waals surface area contributed by atoms with Crippen LogP contribution in [0.1, 0.15) is 0 Å². The molecule has 21 heavy (non-hydrogen) atoms. The van der Waals surface area contributed by atoms with E-state index >= 15 is 0 Å². The third kappa shape index (κ3) is 5.20. The molecule has 1 saturated heterocycles. The summed E-state index contributed by atoms with van der Waals surface area (Å²) in [6.45, 7) is 2.26. The Hall–Kier alpha value is -0.720. The number of alkyl halides is 3. The highest BCUT2D eigenvalue weighted by atomic mass is 35.6. The number of ether oxygens (including phenoxy) is 1. The highest BCUT2D eigenvalue weighted by molar-refractivity contribution is 6.68. The summed E-state index contributed by atoms with van der Waals surface area (Å²) in [6, 6.07) is 8.63. The number of nitrogens with zero attached hydrogens (tertiary/aromatic N) is 1. The van der Waals surface area contributed by atoms with Gasteiger partial charge in [-0.25, -0.2) is 4.79 Å². The fourth-order valence-corrected chi connectivity index (χ4v) is 2.61. The fourth-order valence-electron chi connectivity index (χ4n) is 2.03. The van der Waals surface area contributed by atoms with E-state index in [0.29, 0.717) is 32.0 Å². The number of carbonyl (C=O) groups is 1. The van der Waals surface area contributed by atoms with Gasteiger partial charge in [0.25, 0.3) is 0 Å². The predicted octanol–water partition coefficient (Wildman–Crippen LogP) is 2.84. The minimum Gasteiger partial charge on any atom is -0.379 e. The Morgan fingerprint density at radius 1 is 1.19 bits per heavy atom. The molecular weight excluding hydrogens is 337 g/mol. The predicted molar refractivity (Wildman–Crippen MR) is 85.1 cm³/mol. The minimum atomic E-state index is -1.63. The van der Waals surface area contributed by atoms with Crippen molar-refractivity contribution >= 4 is 46.5 Å². The Labute approximate surface area is 138 Å². The van der Waals surface area contributed by atoms with Gasteiger partial charge in [-0.2, -0.15) is 0 Å². The van der Waals surface area contributed by atoms with Crippen molar-refractivity contribution in [2.75, 3.05) is 31.6 Å². The standard InChI is InChI=1S/C13H16Cl3N3O2/c14-13(15,16)11(19-6-8-21-9-7-19)18-12(20)17-10-4-2-1-3-5-10/h1-5,11H,6-9H2,(H2,17,18,20)/t11-/m0/s1. The van der Waals surface area contributed by atoms with Crippen LogP contribution in [0, 0.1) is 0 Å². The van der Waals surface area contributed by atoms with Gasteiger partial charge in [-0.3, -0.25) is 4.90 Å². The normalized spacial score (nSPS) is 18.0. The third-order valence-electron chi connectivity index (χ3n) is 3.02. The Bertz CT molecular complexity index is 461. The van der Waals surface area contributed by atoms with Crippen LogP contribution in [-0.2, 0) is 4.74 Å². The molecule has 1 aliphatic rings. The molecule has 0 aliphatic carbocycles. The lowest BCUT2D eigenvalue weighted by atomic mass is 10.3. The van der Waals surface area contributed by atoms with E-state index in [1.54, 1.807) is 12.1 Å². The quantitative estimate of drug-likeness (QED) is 0.823. The highest BCUT2D eigenvalue weighted by Crippen LogP contribution is 2.32. The average Bonchev–Trinajstić information content (AvgIpc) is 2.45. The molecule has 1 atom stereocenters. The number of carbonyl (C=O) groups excluding carboxylic acids is 1. The highest BCUT2D eigenvalue weighted by Gasteiger charge is 2.39. The molecule has 0 radical (unpaired) electrons. The molecule has 2 N–H and O–H groups in total. The average molecular weight is 353 g/mol. The van der Waals surface area contributed by atoms with Crippen molar-refractivity contribution in [2.24, 2.45) is 0 Å². The molecule has 1 aromatic rings. The lowest BCUT2D eigenvalue weighted by molar-refractivity contribution is 0.0127. The molecule has 2 rings (SSSR count). The summed E-state index contributed by atoms with van der Waals surface area (Å²) in [5, 5.41) is 5.40. The van der Waals surface area contributed by atoms with Crippen molar-refractivity contribution in [1.82, 2.24) is 10.2 Å². The molecule has 0 aromatic heterocycles. The van der Waals surface area contributed by atoms with E-state index in [1.807, 2.05) is 23.1 Å². The van der Waals surface area contributed by atoms with Crippen LogP contribution in [0.5, 0.6) is 0 Å². The van der Waals surface area contributed by atoms with Gasteiger partial charge in [-0.05, 0) is 12.1 Å². The van der Waals surface area contributed by atoms with E-state index < -0.39 is 16.0 Å². The van der Waals surface area contributed by atoms with E-state index in [2.05, 4.69) is 10.6 Å². The number of halogens is 3. The van der Waals surface area contributed by atoms with Crippen LogP contribution in [-0.4, -0.2) is 47.2 Å². The van der Waals surface area contributed by atoms with Gasteiger partial charge in [-0.1, -0.05) is 53.0 Å². The molecule has 0 unspecified atom stereocenters. The number of rotatable bonds is 3. The van der Waals surface area contributed by atoms with Gasteiger partial charge in [-0.15, -0.1) is 0 Å². The number of morpholine rings is 1. The number of nitrogens with one attached hydrogen (secondary N) is 2. The summed E-state index contributed by atoms with van der Waals surface area (Å²) in [7, 11) is 0. The first-order valence-electron chi connectivity index (χ1n) is 6.48. The summed E-state index contributed by atoms with van der Waals surface area (Å²) >= 11 is 18.0. The molecule has 5 nitrogen and oxygen atoms in total. The summed E-state index contributed by atoms with van der Waals surface area (Å²) < 4.78 is 3.63. The van der Waals surface area contributed by atoms with E-state index in [4.69, 9.17) is 39.5 Å². The van der Waals surface area contributed by atoms with Gasteiger partial charge in [0.15, 0.2) is 0 Å². The first kappa shape index (κ1) is 16.6. The van der Waals surface area contributed by atoms with E-state index in [-0.39, 0.29) is 0 Å². The number of para-hydroxylation sites is 1. The maximum absolute atomic E-state index is 12.1. The summed E-state index contributed by atoms with van der Waals surface area (Å²) in [5.41, 5.74) is 0.667. The molecule has 1 fully saturated rings. The number of urea groups is 1. The molecular formula is C13H16Cl3N3O2. The second-order valence-corrected chi connectivity index (χ2v) is 6.93. The molecule has 1 aromatic carbocycles. The van der Waals surface area contributed by atoms with Crippen LogP contribution in [0.3, 0.4) is 0 Å². The lowest BCUT2D eigenvalue weighted by Gasteiger charge is -2.38. The van der Waals surface area contributed by atoms with Crippen molar-refractivity contribution in [1.29, 1.82) is 0 Å². The molecule has 0 spiro atoms. The van der Waals surface area contributed by atoms with Crippen LogP contribution in [0.15, 0.2) is 30.3 Å². The lowest BCUT2D eigenvalue weighted by Crippen LogP contribution is -2.59. The van der Waals surface area contributed by atoms with Crippen molar-refractivity contribution in [3.63, 3.8) is 0 Å². The minimum absolute atomic E-state index is 0.427. The van der Waals surface area contributed by atoms with Crippen LogP contribution in [0.25, 0.3) is 0 Å². The number of hydrogen-bond acceptors (Lipinski definition) is 3. The molecule has 116 valence electrons. The van der Waals surface area contributed by atoms with Gasteiger partial charge in [0.1, 0.15) is 6.17 Å². The first-order chi connectivity index (χ1) is 9.97. The second-order valence-electron chi connectivity index (χ2n) is 4.56. The first-order valence-corrected chi connectivity index (χ1v) is 7.61. The Kier molecular flexibility index (Phi) is 5.96. The van der Waals surface area contributed by atoms with Crippen LogP contribution >= 0.6 is 34.8 Å². The Morgan fingerprint density at radius 2 is 1.81 bits per heavy atom. The van der Waals surface area contributed by atoms with Gasteiger partial charge in [0.2, 0.25) is 3.79 Å². The van der Waals surface area contributed by atoms with Gasteiger partial charge < -0.3 is 15.4 Å². The number of anilines is 1. The van der Waals surface area contributed by atoms with Gasteiger partial charge >= 0.3 is 6.03 Å². The summed E-state index contributed by atoms with van der Waals surface area (Å²) in [5.74, 6) is 0. The molecule has 2 amide bonds. The topological polar surface area (TPSA) is 53.6 Å². The zero-order valence-corrected chi connectivity index (χ0v) is 13.5. The molecule has 1 heterocycles. The molecule has 1 aliphatic heterocycles. The molecule has 8 heteroatoms. The number of amides is 2. The maximum Gasteiger partial charge on any atom is 0.320 e. The smallest absolute Gasteiger partial charge is 0.320 e. The van der Waals surface area contributed by atoms with Crippen LogP contribution in [0.4, 0.5) is 10.5 Å². The Morgan fingerprint density at radius 3 is 2.38 bits per heavy atom. The summed E-state index contributed by atoms with van der Waals surface area (Å²) in [4.78, 5) is 13.9. The van der Waals surface area contributed by atoms with Crippen LogP contribution < -0.4 is 10.6 Å². The van der Waals surface area contributed by atoms with E-state index in [0.717, 1.165) is 0 Å². The zero-order valence-electron chi connectivity index (χ0n) is 11.2. The maximum atomic E-state index is 12.1. The monoisotopic (exact) mass is 351 g/mol. The van der Waals surface area contributed by atoms with E-state index in [1.165, 1.54) is 0 Å². The van der Waals surface area contributed by atoms with Crippen molar-refractivity contribution in [3.05, 3.63) is 30.3 Å². The Balaban J connectivity index is 1.99. The molecule has 0 bridgehead atoms. The molecule has 0 saturated carbocycles. The summed E-state index contributed by atoms with van der Waals surface area (Å²) in [6.07, 6.45) is -0.727. The number of hydrogen-bond donors (Lipinski definition) is 2. The zero-order chi connectivity index (χ0) is 15.3. The van der Waals surface area contributed by atoms with Crippen molar-refractivity contribution in [3.8, 4) is 0 Å². The second kappa shape index (κ2) is 7.51. The fraction of sp³-hybridized carbons (Fsp3) is 0.462. The largest absolute Gasteiger partial charge is 0.379 e. The van der Waals surface area contributed by atoms with Crippen molar-refractivity contribution < 1.29 is 9.53 Å². The third-order valence-corrected chi connectivity index (χ3v) is 3.64. The number of benzene rings is 1. The van der Waals surface area contributed by atoms with Gasteiger partial charge in [0.05, 0.1) is 13.2 Å². The van der Waals surface area contributed by atoms with E-state index in [9.17, 15) is 4.79 Å². The van der Waals surface area contributed by atoms with Gasteiger partial charge in [0, 0.05) is 18.8 Å². The van der Waals surface area contributed by atoms with Crippen LogP contribution in [0.2, 0.25) is 0 Å². The van der Waals surface area contributed by atoms with Crippen molar-refractivity contribution in [2.45, 2.75) is 9.96 Å².